The summed E-state index contributed by atoms with van der Waals surface area (Å²) in [7, 11) is 3.12. The Hall–Kier alpha value is -1.30. The molecule has 6 heteroatoms. The van der Waals surface area contributed by atoms with Crippen LogP contribution < -0.4 is 15.2 Å². The van der Waals surface area contributed by atoms with Gasteiger partial charge in [0.05, 0.1) is 19.2 Å². The molecule has 0 fully saturated rings. The number of aromatic nitrogens is 1. The van der Waals surface area contributed by atoms with Gasteiger partial charge in [0.1, 0.15) is 0 Å². The molecule has 0 radical (unpaired) electrons. The van der Waals surface area contributed by atoms with Crippen LogP contribution in [-0.2, 0) is 6.42 Å². The zero-order valence-electron chi connectivity index (χ0n) is 11.8. The highest BCUT2D eigenvalue weighted by molar-refractivity contribution is 9.10. The predicted octanol–water partition coefficient (Wildman–Crippen LogP) is 3.76. The SMILES string of the molecule is COc1cc(C(N)Cc2cncc(Br)c2)cc(Cl)c1OC. The summed E-state index contributed by atoms with van der Waals surface area (Å²) in [6, 6.07) is 5.44. The third-order valence-electron chi connectivity index (χ3n) is 3.10. The fraction of sp³-hybridized carbons (Fsp3) is 0.267. The van der Waals surface area contributed by atoms with Gasteiger partial charge >= 0.3 is 0 Å². The topological polar surface area (TPSA) is 57.4 Å². The first-order valence-electron chi connectivity index (χ1n) is 6.31. The van der Waals surface area contributed by atoms with Crippen LogP contribution in [0.15, 0.2) is 35.1 Å². The van der Waals surface area contributed by atoms with Gasteiger partial charge in [-0.25, -0.2) is 0 Å². The number of methoxy groups -OCH3 is 2. The van der Waals surface area contributed by atoms with Gasteiger partial charge in [0.2, 0.25) is 0 Å². The number of nitrogens with zero attached hydrogens (tertiary/aromatic N) is 1. The number of hydrogen-bond acceptors (Lipinski definition) is 4. The summed E-state index contributed by atoms with van der Waals surface area (Å²) in [4.78, 5) is 4.14. The molecule has 1 aromatic carbocycles. The van der Waals surface area contributed by atoms with E-state index in [-0.39, 0.29) is 6.04 Å². The van der Waals surface area contributed by atoms with Gasteiger partial charge in [-0.1, -0.05) is 11.6 Å². The zero-order valence-corrected chi connectivity index (χ0v) is 14.1. The van der Waals surface area contributed by atoms with E-state index in [1.54, 1.807) is 32.7 Å². The maximum absolute atomic E-state index is 6.26. The van der Waals surface area contributed by atoms with Gasteiger partial charge < -0.3 is 15.2 Å². The minimum absolute atomic E-state index is 0.210. The average Bonchev–Trinajstić information content (AvgIpc) is 2.46. The van der Waals surface area contributed by atoms with Crippen molar-refractivity contribution >= 4 is 27.5 Å². The normalized spacial score (nSPS) is 12.0. The Morgan fingerprint density at radius 2 is 2.00 bits per heavy atom. The molecule has 0 bridgehead atoms. The molecule has 1 unspecified atom stereocenters. The summed E-state index contributed by atoms with van der Waals surface area (Å²) in [6.45, 7) is 0. The third kappa shape index (κ3) is 3.87. The molecule has 0 aliphatic heterocycles. The van der Waals surface area contributed by atoms with Crippen LogP contribution in [0.25, 0.3) is 0 Å². The Kier molecular flexibility index (Phi) is 5.45. The highest BCUT2D eigenvalue weighted by atomic mass is 79.9. The molecular formula is C15H16BrClN2O2. The van der Waals surface area contributed by atoms with Crippen LogP contribution in [0.1, 0.15) is 17.2 Å². The number of halogens is 2. The van der Waals surface area contributed by atoms with E-state index in [0.29, 0.717) is 22.9 Å². The largest absolute Gasteiger partial charge is 0.493 e. The molecule has 21 heavy (non-hydrogen) atoms. The van der Waals surface area contributed by atoms with Crippen molar-refractivity contribution in [1.82, 2.24) is 4.98 Å². The van der Waals surface area contributed by atoms with Gasteiger partial charge in [0.15, 0.2) is 11.5 Å². The number of nitrogens with two attached hydrogens (primary N) is 1. The molecule has 0 amide bonds. The monoisotopic (exact) mass is 370 g/mol. The number of ether oxygens (including phenoxy) is 2. The van der Waals surface area contributed by atoms with E-state index in [4.69, 9.17) is 26.8 Å². The Balaban J connectivity index is 2.27. The van der Waals surface area contributed by atoms with Crippen molar-refractivity contribution in [3.63, 3.8) is 0 Å². The first-order chi connectivity index (χ1) is 10.0. The zero-order chi connectivity index (χ0) is 15.4. The second-order valence-electron chi connectivity index (χ2n) is 4.56. The lowest BCUT2D eigenvalue weighted by atomic mass is 10.0. The second-order valence-corrected chi connectivity index (χ2v) is 5.88. The molecule has 1 heterocycles. The minimum atomic E-state index is -0.210. The fourth-order valence-electron chi connectivity index (χ4n) is 2.09. The third-order valence-corrected chi connectivity index (χ3v) is 3.82. The molecule has 0 saturated carbocycles. The molecule has 1 atom stereocenters. The molecule has 4 nitrogen and oxygen atoms in total. The summed E-state index contributed by atoms with van der Waals surface area (Å²) >= 11 is 9.61. The van der Waals surface area contributed by atoms with Gasteiger partial charge in [-0.05, 0) is 51.7 Å². The van der Waals surface area contributed by atoms with Crippen LogP contribution in [-0.4, -0.2) is 19.2 Å². The van der Waals surface area contributed by atoms with Crippen molar-refractivity contribution in [2.75, 3.05) is 14.2 Å². The van der Waals surface area contributed by atoms with E-state index in [1.807, 2.05) is 12.1 Å². The fourth-order valence-corrected chi connectivity index (χ4v) is 2.80. The molecule has 0 spiro atoms. The van der Waals surface area contributed by atoms with E-state index < -0.39 is 0 Å². The summed E-state index contributed by atoms with van der Waals surface area (Å²) in [5.74, 6) is 1.09. The minimum Gasteiger partial charge on any atom is -0.493 e. The lowest BCUT2D eigenvalue weighted by molar-refractivity contribution is 0.354. The number of benzene rings is 1. The molecule has 0 aliphatic rings. The smallest absolute Gasteiger partial charge is 0.179 e. The van der Waals surface area contributed by atoms with E-state index in [0.717, 1.165) is 15.6 Å². The van der Waals surface area contributed by atoms with Crippen molar-refractivity contribution in [2.24, 2.45) is 5.73 Å². The molecule has 2 rings (SSSR count). The van der Waals surface area contributed by atoms with E-state index in [9.17, 15) is 0 Å². The van der Waals surface area contributed by atoms with E-state index in [1.165, 1.54) is 0 Å². The lowest BCUT2D eigenvalue weighted by Crippen LogP contribution is -2.14. The van der Waals surface area contributed by atoms with E-state index >= 15 is 0 Å². The molecule has 0 saturated heterocycles. The molecule has 2 aromatic rings. The second kappa shape index (κ2) is 7.11. The number of hydrogen-bond donors (Lipinski definition) is 1. The summed E-state index contributed by atoms with van der Waals surface area (Å²) in [5.41, 5.74) is 8.19. The first-order valence-corrected chi connectivity index (χ1v) is 7.48. The standard InChI is InChI=1S/C15H16BrClN2O2/c1-20-14-6-10(5-12(17)15(14)21-2)13(18)4-9-3-11(16)8-19-7-9/h3,5-8,13H,4,18H2,1-2H3. The van der Waals surface area contributed by atoms with Gasteiger partial charge in [-0.15, -0.1) is 0 Å². The lowest BCUT2D eigenvalue weighted by Gasteiger charge is -2.16. The summed E-state index contributed by atoms with van der Waals surface area (Å²) in [5, 5.41) is 0.481. The van der Waals surface area contributed by atoms with Crippen LogP contribution in [0.2, 0.25) is 5.02 Å². The highest BCUT2D eigenvalue weighted by Gasteiger charge is 2.15. The van der Waals surface area contributed by atoms with Crippen molar-refractivity contribution in [3.05, 3.63) is 51.2 Å². The van der Waals surface area contributed by atoms with Crippen LogP contribution in [0.4, 0.5) is 0 Å². The molecule has 0 aliphatic carbocycles. The van der Waals surface area contributed by atoms with Crippen LogP contribution in [0.5, 0.6) is 11.5 Å². The maximum Gasteiger partial charge on any atom is 0.179 e. The first kappa shape index (κ1) is 16.1. The van der Waals surface area contributed by atoms with Gasteiger partial charge in [-0.3, -0.25) is 4.98 Å². The quantitative estimate of drug-likeness (QED) is 0.869. The maximum atomic E-state index is 6.26. The van der Waals surface area contributed by atoms with Gasteiger partial charge in [0, 0.05) is 22.9 Å². The summed E-state index contributed by atoms with van der Waals surface area (Å²) < 4.78 is 11.4. The molecule has 1 aromatic heterocycles. The number of pyridine rings is 1. The number of rotatable bonds is 5. The Morgan fingerprint density at radius 1 is 1.24 bits per heavy atom. The van der Waals surface area contributed by atoms with E-state index in [2.05, 4.69) is 20.9 Å². The molecule has 112 valence electrons. The van der Waals surface area contributed by atoms with Crippen molar-refractivity contribution < 1.29 is 9.47 Å². The van der Waals surface area contributed by atoms with Crippen molar-refractivity contribution in [3.8, 4) is 11.5 Å². The van der Waals surface area contributed by atoms with Crippen LogP contribution in [0, 0.1) is 0 Å². The van der Waals surface area contributed by atoms with Gasteiger partial charge in [-0.2, -0.15) is 0 Å². The van der Waals surface area contributed by atoms with Crippen molar-refractivity contribution in [2.45, 2.75) is 12.5 Å². The van der Waals surface area contributed by atoms with Crippen LogP contribution >= 0.6 is 27.5 Å². The Morgan fingerprint density at radius 3 is 2.62 bits per heavy atom. The molecule has 2 N–H and O–H groups in total. The van der Waals surface area contributed by atoms with Crippen LogP contribution in [0.3, 0.4) is 0 Å². The predicted molar refractivity (Wildman–Crippen MR) is 87.1 cm³/mol. The Bertz CT molecular complexity index is 637. The Labute approximate surface area is 137 Å². The average molecular weight is 372 g/mol. The van der Waals surface area contributed by atoms with Gasteiger partial charge in [0.25, 0.3) is 0 Å². The highest BCUT2D eigenvalue weighted by Crippen LogP contribution is 2.37. The van der Waals surface area contributed by atoms with Crippen molar-refractivity contribution in [1.29, 1.82) is 0 Å². The summed E-state index contributed by atoms with van der Waals surface area (Å²) in [6.07, 6.45) is 4.19. The molecular weight excluding hydrogens is 356 g/mol.